The molecule has 238 valence electrons. The number of halogens is 2. The number of nitrogens with one attached hydrogen (secondary N) is 1. The van der Waals surface area contributed by atoms with Gasteiger partial charge in [-0.05, 0) is 87.1 Å². The molecule has 2 aliphatic heterocycles. The highest BCUT2D eigenvalue weighted by Crippen LogP contribution is 2.35. The van der Waals surface area contributed by atoms with Gasteiger partial charge in [0, 0.05) is 32.2 Å². The van der Waals surface area contributed by atoms with E-state index in [0.717, 1.165) is 75.1 Å². The van der Waals surface area contributed by atoms with Crippen molar-refractivity contribution < 1.29 is 26.7 Å². The van der Waals surface area contributed by atoms with Crippen molar-refractivity contribution >= 4 is 66.2 Å². The van der Waals surface area contributed by atoms with Crippen molar-refractivity contribution in [3.8, 4) is 0 Å². The topological polar surface area (TPSA) is 124 Å². The Morgan fingerprint density at radius 2 is 1.56 bits per heavy atom. The Labute approximate surface area is 268 Å². The van der Waals surface area contributed by atoms with Crippen molar-refractivity contribution in [2.75, 3.05) is 31.1 Å². The first kappa shape index (κ1) is 33.0. The molecule has 2 N–H and O–H groups in total. The Morgan fingerprint density at radius 3 is 2.12 bits per heavy atom. The molecule has 43 heavy (non-hydrogen) atoms. The molecule has 2 aromatic rings. The van der Waals surface area contributed by atoms with E-state index in [2.05, 4.69) is 9.62 Å². The van der Waals surface area contributed by atoms with E-state index >= 15 is 0 Å². The first-order valence-corrected chi connectivity index (χ1v) is 19.5. The number of nitrogens with zero attached hydrogens (tertiary/aromatic N) is 2. The lowest BCUT2D eigenvalue weighted by atomic mass is 9.87. The van der Waals surface area contributed by atoms with Gasteiger partial charge in [0.2, 0.25) is 10.0 Å². The third-order valence-corrected chi connectivity index (χ3v) is 14.6. The second-order valence-electron chi connectivity index (χ2n) is 12.0. The van der Waals surface area contributed by atoms with Gasteiger partial charge in [0.25, 0.3) is 10.0 Å². The van der Waals surface area contributed by atoms with Gasteiger partial charge in [-0.1, -0.05) is 42.5 Å². The van der Waals surface area contributed by atoms with Crippen molar-refractivity contribution in [2.24, 2.45) is 17.8 Å². The maximum Gasteiger partial charge on any atom is 0.306 e. The average Bonchev–Trinajstić information content (AvgIpc) is 3.63. The van der Waals surface area contributed by atoms with Crippen LogP contribution < -0.4 is 9.62 Å². The zero-order valence-corrected chi connectivity index (χ0v) is 27.9. The molecular weight excluding hydrogens is 653 g/mol. The number of hydrogen-bond donors (Lipinski definition) is 2. The van der Waals surface area contributed by atoms with Crippen LogP contribution in [0, 0.1) is 17.8 Å². The van der Waals surface area contributed by atoms with E-state index in [0.29, 0.717) is 57.8 Å². The van der Waals surface area contributed by atoms with Gasteiger partial charge in [-0.3, -0.25) is 4.79 Å². The highest BCUT2D eigenvalue weighted by molar-refractivity contribution is 7.91. The number of carboxylic acids is 1. The van der Waals surface area contributed by atoms with Gasteiger partial charge in [0.15, 0.2) is 0 Å². The maximum atomic E-state index is 12.9. The summed E-state index contributed by atoms with van der Waals surface area (Å²) in [5.74, 6) is -0.216. The first-order valence-electron chi connectivity index (χ1n) is 15.0. The molecule has 5 rings (SSSR count). The van der Waals surface area contributed by atoms with Crippen molar-refractivity contribution in [3.05, 3.63) is 39.7 Å². The van der Waals surface area contributed by atoms with Crippen LogP contribution in [0.3, 0.4) is 0 Å². The number of piperidine rings is 2. The summed E-state index contributed by atoms with van der Waals surface area (Å²) in [5.41, 5.74) is 0.831. The van der Waals surface area contributed by atoms with Crippen LogP contribution in [0.2, 0.25) is 9.36 Å². The standard InChI is InChI=1S/C29H39Cl2N3O6S3/c30-25-19-24(42(37,38)32-23-5-4-22(18-23)29(35)36)6-7-26(25)33-14-10-20(11-15-33)2-1-3-21-12-16-34(17-13-21)43(39,40)28-9-8-27(31)41-28/h6-9,19-23,32H,1-5,10-18H2,(H,35,36). The summed E-state index contributed by atoms with van der Waals surface area (Å²) in [6.07, 6.45) is 8.55. The Hall–Kier alpha value is -1.41. The van der Waals surface area contributed by atoms with E-state index in [4.69, 9.17) is 23.2 Å². The van der Waals surface area contributed by atoms with Crippen LogP contribution in [0.15, 0.2) is 39.4 Å². The first-order chi connectivity index (χ1) is 20.4. The fourth-order valence-electron chi connectivity index (χ4n) is 6.67. The summed E-state index contributed by atoms with van der Waals surface area (Å²) < 4.78 is 56.6. The molecule has 2 atom stereocenters. The lowest BCUT2D eigenvalue weighted by Gasteiger charge is -2.35. The van der Waals surface area contributed by atoms with Crippen LogP contribution in [-0.4, -0.2) is 64.4 Å². The Bertz CT molecular complexity index is 1500. The van der Waals surface area contributed by atoms with Crippen LogP contribution in [-0.2, 0) is 24.8 Å². The fourth-order valence-corrected chi connectivity index (χ4v) is 11.5. The van der Waals surface area contributed by atoms with Crippen molar-refractivity contribution in [1.29, 1.82) is 0 Å². The van der Waals surface area contributed by atoms with E-state index in [9.17, 15) is 26.7 Å². The van der Waals surface area contributed by atoms with E-state index in [1.165, 1.54) is 6.07 Å². The quantitative estimate of drug-likeness (QED) is 0.293. The zero-order valence-electron chi connectivity index (χ0n) is 24.0. The molecule has 14 heteroatoms. The molecule has 0 bridgehead atoms. The molecule has 2 unspecified atom stereocenters. The van der Waals surface area contributed by atoms with E-state index in [1.54, 1.807) is 28.6 Å². The number of carboxylic acid groups (broad SMARTS) is 1. The minimum atomic E-state index is -3.80. The molecule has 1 aromatic carbocycles. The van der Waals surface area contributed by atoms with E-state index in [1.807, 2.05) is 0 Å². The molecule has 3 heterocycles. The lowest BCUT2D eigenvalue weighted by Crippen LogP contribution is -2.38. The number of aliphatic carboxylic acids is 1. The smallest absolute Gasteiger partial charge is 0.306 e. The highest BCUT2D eigenvalue weighted by atomic mass is 35.5. The molecule has 1 aromatic heterocycles. The SMILES string of the molecule is O=C(O)C1CCC(NS(=O)(=O)c2ccc(N3CCC(CCCC4CCN(S(=O)(=O)c5ccc(Cl)s5)CC4)CC3)c(Cl)c2)C1. The second kappa shape index (κ2) is 13.9. The number of hydrogen-bond acceptors (Lipinski definition) is 7. The summed E-state index contributed by atoms with van der Waals surface area (Å²) in [4.78, 5) is 13.5. The van der Waals surface area contributed by atoms with Gasteiger partial charge < -0.3 is 10.0 Å². The number of carbonyl (C=O) groups is 1. The van der Waals surface area contributed by atoms with Crippen LogP contribution in [0.1, 0.15) is 64.2 Å². The normalized spacial score (nSPS) is 23.2. The Kier molecular flexibility index (Phi) is 10.7. The molecule has 1 saturated carbocycles. The molecular formula is C29H39Cl2N3O6S3. The monoisotopic (exact) mass is 691 g/mol. The van der Waals surface area contributed by atoms with E-state index < -0.39 is 31.9 Å². The summed E-state index contributed by atoms with van der Waals surface area (Å²) in [6, 6.07) is 7.66. The lowest BCUT2D eigenvalue weighted by molar-refractivity contribution is -0.141. The average molecular weight is 693 g/mol. The number of rotatable bonds is 11. The molecule has 3 aliphatic rings. The van der Waals surface area contributed by atoms with Crippen LogP contribution >= 0.6 is 34.5 Å². The molecule has 1 aliphatic carbocycles. The molecule has 0 radical (unpaired) electrons. The predicted octanol–water partition coefficient (Wildman–Crippen LogP) is 6.07. The summed E-state index contributed by atoms with van der Waals surface area (Å²) >= 11 is 13.6. The van der Waals surface area contributed by atoms with Gasteiger partial charge in [-0.25, -0.2) is 21.6 Å². The number of thiophene rings is 1. The molecule has 0 amide bonds. The molecule has 9 nitrogen and oxygen atoms in total. The number of benzene rings is 1. The minimum absolute atomic E-state index is 0.0919. The summed E-state index contributed by atoms with van der Waals surface area (Å²) in [7, 11) is -7.25. The predicted molar refractivity (Wildman–Crippen MR) is 170 cm³/mol. The van der Waals surface area contributed by atoms with E-state index in [-0.39, 0.29) is 10.9 Å². The van der Waals surface area contributed by atoms with Crippen LogP contribution in [0.5, 0.6) is 0 Å². The molecule has 3 fully saturated rings. The van der Waals surface area contributed by atoms with Gasteiger partial charge in [0.1, 0.15) is 4.21 Å². The number of sulfonamides is 2. The Balaban J connectivity index is 1.04. The molecule has 0 spiro atoms. The third kappa shape index (κ3) is 8.06. The number of anilines is 1. The summed E-state index contributed by atoms with van der Waals surface area (Å²) in [5, 5.41) is 9.59. The van der Waals surface area contributed by atoms with Gasteiger partial charge in [-0.2, -0.15) is 4.31 Å². The second-order valence-corrected chi connectivity index (χ2v) is 18.0. The summed E-state index contributed by atoms with van der Waals surface area (Å²) in [6.45, 7) is 2.83. The largest absolute Gasteiger partial charge is 0.481 e. The highest BCUT2D eigenvalue weighted by Gasteiger charge is 2.33. The van der Waals surface area contributed by atoms with Crippen LogP contribution in [0.25, 0.3) is 0 Å². The van der Waals surface area contributed by atoms with Crippen LogP contribution in [0.4, 0.5) is 5.69 Å². The van der Waals surface area contributed by atoms with Crippen molar-refractivity contribution in [2.45, 2.75) is 79.4 Å². The fraction of sp³-hybridized carbons (Fsp3) is 0.621. The minimum Gasteiger partial charge on any atom is -0.481 e. The van der Waals surface area contributed by atoms with Gasteiger partial charge in [0.05, 0.1) is 25.9 Å². The third-order valence-electron chi connectivity index (χ3n) is 9.23. The van der Waals surface area contributed by atoms with Gasteiger partial charge >= 0.3 is 5.97 Å². The molecule has 2 saturated heterocycles. The van der Waals surface area contributed by atoms with Crippen molar-refractivity contribution in [1.82, 2.24) is 9.03 Å². The maximum absolute atomic E-state index is 12.9. The zero-order chi connectivity index (χ0) is 30.8. The Morgan fingerprint density at radius 1 is 0.907 bits per heavy atom. The van der Waals surface area contributed by atoms with Gasteiger partial charge in [-0.15, -0.1) is 11.3 Å². The van der Waals surface area contributed by atoms with Crippen molar-refractivity contribution in [3.63, 3.8) is 0 Å².